The SMILES string of the molecule is COCCN(CC(F)(F)P)c1cc(C)c(C(C)C)c(F)c1. The number of aryl methyl sites for hydroxylation is 1. The number of rotatable bonds is 7. The van der Waals surface area contributed by atoms with Crippen LogP contribution < -0.4 is 4.90 Å². The van der Waals surface area contributed by atoms with E-state index in [2.05, 4.69) is 0 Å². The zero-order valence-electron chi connectivity index (χ0n) is 12.9. The molecule has 0 bridgehead atoms. The van der Waals surface area contributed by atoms with Crippen LogP contribution in [0.5, 0.6) is 0 Å². The number of halogens is 3. The number of methoxy groups -OCH3 is 1. The number of hydrogen-bond acceptors (Lipinski definition) is 2. The highest BCUT2D eigenvalue weighted by molar-refractivity contribution is 7.18. The Morgan fingerprint density at radius 1 is 1.33 bits per heavy atom. The Balaban J connectivity index is 3.13. The molecule has 1 aromatic rings. The molecule has 0 fully saturated rings. The molecule has 0 aliphatic carbocycles. The van der Waals surface area contributed by atoms with E-state index in [4.69, 9.17) is 4.74 Å². The van der Waals surface area contributed by atoms with Crippen molar-refractivity contribution in [3.8, 4) is 0 Å². The molecule has 1 unspecified atom stereocenters. The smallest absolute Gasteiger partial charge is 0.275 e. The lowest BCUT2D eigenvalue weighted by molar-refractivity contribution is 0.109. The molecule has 0 radical (unpaired) electrons. The summed E-state index contributed by atoms with van der Waals surface area (Å²) in [5.74, 6) is -0.302. The lowest BCUT2D eigenvalue weighted by atomic mass is 9.96. The zero-order chi connectivity index (χ0) is 16.2. The van der Waals surface area contributed by atoms with Gasteiger partial charge in [0.25, 0.3) is 5.66 Å². The Kier molecular flexibility index (Phi) is 6.48. The summed E-state index contributed by atoms with van der Waals surface area (Å²) in [6.45, 7) is 5.69. The minimum atomic E-state index is -2.94. The van der Waals surface area contributed by atoms with Gasteiger partial charge in [-0.2, -0.15) is 0 Å². The maximum absolute atomic E-state index is 14.2. The molecule has 2 nitrogen and oxygen atoms in total. The van der Waals surface area contributed by atoms with Crippen molar-refractivity contribution in [2.75, 3.05) is 31.7 Å². The number of hydrogen-bond donors (Lipinski definition) is 0. The molecule has 0 saturated heterocycles. The Morgan fingerprint density at radius 3 is 2.38 bits per heavy atom. The summed E-state index contributed by atoms with van der Waals surface area (Å²) in [7, 11) is 3.02. The highest BCUT2D eigenvalue weighted by atomic mass is 31.0. The predicted molar refractivity (Wildman–Crippen MR) is 84.0 cm³/mol. The molecule has 1 rings (SSSR count). The average molecular weight is 321 g/mol. The first-order valence-corrected chi connectivity index (χ1v) is 7.44. The number of anilines is 1. The molecule has 21 heavy (non-hydrogen) atoms. The van der Waals surface area contributed by atoms with Gasteiger partial charge in [-0.05, 0) is 36.1 Å². The van der Waals surface area contributed by atoms with E-state index in [0.29, 0.717) is 17.9 Å². The van der Waals surface area contributed by atoms with Crippen molar-refractivity contribution in [3.05, 3.63) is 29.1 Å². The van der Waals surface area contributed by atoms with Crippen LogP contribution in [0.25, 0.3) is 0 Å². The third kappa shape index (κ3) is 5.48. The Bertz CT molecular complexity index is 451. The summed E-state index contributed by atoms with van der Waals surface area (Å²) in [5.41, 5.74) is -1.08. The second-order valence-corrected chi connectivity index (χ2v) is 6.33. The number of alkyl halides is 2. The number of benzene rings is 1. The molecule has 120 valence electrons. The molecular formula is C15H23F3NOP. The van der Waals surface area contributed by atoms with E-state index in [1.165, 1.54) is 27.3 Å². The highest BCUT2D eigenvalue weighted by Crippen LogP contribution is 2.30. The summed E-state index contributed by atoms with van der Waals surface area (Å²) in [5, 5.41) is 0. The van der Waals surface area contributed by atoms with Gasteiger partial charge in [0.15, 0.2) is 0 Å². The van der Waals surface area contributed by atoms with Gasteiger partial charge in [0.2, 0.25) is 0 Å². The van der Waals surface area contributed by atoms with Crippen molar-refractivity contribution in [3.63, 3.8) is 0 Å². The summed E-state index contributed by atoms with van der Waals surface area (Å²) >= 11 is 0. The molecule has 0 saturated carbocycles. The topological polar surface area (TPSA) is 12.5 Å². The number of nitrogens with zero attached hydrogens (tertiary/aromatic N) is 1. The standard InChI is InChI=1S/C15H23F3NOP/c1-10(2)14-11(3)7-12(8-13(14)16)19(5-6-20-4)9-15(17,18)21/h7-8,10H,5-6,9,21H2,1-4H3. The van der Waals surface area contributed by atoms with Crippen LogP contribution in [0.3, 0.4) is 0 Å². The monoisotopic (exact) mass is 321 g/mol. The van der Waals surface area contributed by atoms with Gasteiger partial charge in [0.05, 0.1) is 13.2 Å². The molecule has 0 aliphatic heterocycles. The van der Waals surface area contributed by atoms with Gasteiger partial charge in [-0.25, -0.2) is 13.2 Å². The lowest BCUT2D eigenvalue weighted by Gasteiger charge is -2.28. The summed E-state index contributed by atoms with van der Waals surface area (Å²) in [6, 6.07) is 3.08. The van der Waals surface area contributed by atoms with Crippen LogP contribution in [0, 0.1) is 12.7 Å². The first-order valence-electron chi connectivity index (χ1n) is 6.86. The fourth-order valence-electron chi connectivity index (χ4n) is 2.41. The maximum atomic E-state index is 14.2. The molecule has 0 spiro atoms. The second kappa shape index (κ2) is 7.46. The quantitative estimate of drug-likeness (QED) is 0.699. The summed E-state index contributed by atoms with van der Waals surface area (Å²) in [6.07, 6.45) is 0. The van der Waals surface area contributed by atoms with Crippen LogP contribution in [0.15, 0.2) is 12.1 Å². The zero-order valence-corrected chi connectivity index (χ0v) is 14.1. The van der Waals surface area contributed by atoms with E-state index >= 15 is 0 Å². The van der Waals surface area contributed by atoms with Crippen LogP contribution in [-0.4, -0.2) is 32.5 Å². The van der Waals surface area contributed by atoms with Crippen molar-refractivity contribution in [1.29, 1.82) is 0 Å². The van der Waals surface area contributed by atoms with Crippen LogP contribution in [0.4, 0.5) is 18.9 Å². The minimum absolute atomic E-state index is 0.0506. The van der Waals surface area contributed by atoms with Crippen molar-refractivity contribution in [1.82, 2.24) is 0 Å². The van der Waals surface area contributed by atoms with Gasteiger partial charge < -0.3 is 9.64 Å². The summed E-state index contributed by atoms with van der Waals surface area (Å²) < 4.78 is 45.7. The van der Waals surface area contributed by atoms with Gasteiger partial charge in [-0.15, -0.1) is 0 Å². The normalized spacial score (nSPS) is 12.0. The minimum Gasteiger partial charge on any atom is -0.383 e. The van der Waals surface area contributed by atoms with E-state index in [0.717, 1.165) is 5.56 Å². The van der Waals surface area contributed by atoms with Crippen molar-refractivity contribution in [2.45, 2.75) is 32.4 Å². The van der Waals surface area contributed by atoms with Crippen molar-refractivity contribution >= 4 is 14.9 Å². The first-order chi connectivity index (χ1) is 9.65. The van der Waals surface area contributed by atoms with E-state index in [9.17, 15) is 13.2 Å². The van der Waals surface area contributed by atoms with Gasteiger partial charge >= 0.3 is 0 Å². The van der Waals surface area contributed by atoms with Crippen LogP contribution >= 0.6 is 9.24 Å². The second-order valence-electron chi connectivity index (χ2n) is 5.49. The molecular weight excluding hydrogens is 298 g/mol. The molecule has 6 heteroatoms. The average Bonchev–Trinajstić information content (AvgIpc) is 2.31. The first kappa shape index (κ1) is 18.2. The van der Waals surface area contributed by atoms with Gasteiger partial charge in [0, 0.05) is 19.3 Å². The Labute approximate surface area is 126 Å². The summed E-state index contributed by atoms with van der Waals surface area (Å²) in [4.78, 5) is 1.44. The molecule has 0 N–H and O–H groups in total. The van der Waals surface area contributed by atoms with E-state index < -0.39 is 12.2 Å². The van der Waals surface area contributed by atoms with Crippen molar-refractivity contribution in [2.24, 2.45) is 0 Å². The van der Waals surface area contributed by atoms with E-state index in [-0.39, 0.29) is 18.3 Å². The molecule has 0 amide bonds. The van der Waals surface area contributed by atoms with Gasteiger partial charge in [-0.3, -0.25) is 0 Å². The van der Waals surface area contributed by atoms with Crippen molar-refractivity contribution < 1.29 is 17.9 Å². The molecule has 1 atom stereocenters. The van der Waals surface area contributed by atoms with E-state index in [1.807, 2.05) is 13.8 Å². The third-order valence-electron chi connectivity index (χ3n) is 3.23. The third-order valence-corrected chi connectivity index (χ3v) is 3.41. The Morgan fingerprint density at radius 2 is 1.95 bits per heavy atom. The Hall–Kier alpha value is -0.800. The van der Waals surface area contributed by atoms with Crippen LogP contribution in [0.1, 0.15) is 30.9 Å². The number of ether oxygens (including phenoxy) is 1. The molecule has 0 heterocycles. The lowest BCUT2D eigenvalue weighted by Crippen LogP contribution is -2.36. The van der Waals surface area contributed by atoms with Gasteiger partial charge in [0.1, 0.15) is 5.82 Å². The molecule has 0 aromatic heterocycles. The maximum Gasteiger partial charge on any atom is 0.275 e. The fraction of sp³-hybridized carbons (Fsp3) is 0.600. The van der Waals surface area contributed by atoms with Crippen LogP contribution in [0.2, 0.25) is 0 Å². The van der Waals surface area contributed by atoms with Gasteiger partial charge in [-0.1, -0.05) is 23.1 Å². The largest absolute Gasteiger partial charge is 0.383 e. The fourth-order valence-corrected chi connectivity index (χ4v) is 2.63. The molecule has 1 aromatic carbocycles. The predicted octanol–water partition coefficient (Wildman–Crippen LogP) is 4.18. The highest BCUT2D eigenvalue weighted by Gasteiger charge is 2.26. The van der Waals surface area contributed by atoms with E-state index in [1.54, 1.807) is 13.0 Å². The molecule has 0 aliphatic rings. The van der Waals surface area contributed by atoms with Crippen LogP contribution in [-0.2, 0) is 4.74 Å².